The Labute approximate surface area is 112 Å². The Morgan fingerprint density at radius 2 is 2.19 bits per heavy atom. The highest BCUT2D eigenvalue weighted by Gasteiger charge is 2.02. The Balaban J connectivity index is 2.04. The van der Waals surface area contributed by atoms with Crippen LogP contribution in [0, 0.1) is 6.92 Å². The van der Waals surface area contributed by atoms with E-state index in [1.165, 1.54) is 4.88 Å². The van der Waals surface area contributed by atoms with Crippen molar-refractivity contribution in [3.63, 3.8) is 0 Å². The second kappa shape index (κ2) is 5.21. The van der Waals surface area contributed by atoms with Gasteiger partial charge in [0.15, 0.2) is 0 Å². The predicted molar refractivity (Wildman–Crippen MR) is 72.5 cm³/mol. The van der Waals surface area contributed by atoms with Crippen LogP contribution >= 0.6 is 38.9 Å². The number of benzene rings is 1. The summed E-state index contributed by atoms with van der Waals surface area (Å²) < 4.78 is 6.82. The van der Waals surface area contributed by atoms with E-state index in [4.69, 9.17) is 16.3 Å². The van der Waals surface area contributed by atoms with E-state index in [1.54, 1.807) is 11.3 Å². The van der Waals surface area contributed by atoms with E-state index in [2.05, 4.69) is 22.0 Å². The molecule has 1 nitrogen and oxygen atoms in total. The smallest absolute Gasteiger partial charge is 0.122 e. The van der Waals surface area contributed by atoms with Gasteiger partial charge in [0.25, 0.3) is 0 Å². The van der Waals surface area contributed by atoms with E-state index < -0.39 is 0 Å². The van der Waals surface area contributed by atoms with Gasteiger partial charge in [-0.3, -0.25) is 0 Å². The molecule has 0 aliphatic carbocycles. The molecule has 1 aromatic heterocycles. The summed E-state index contributed by atoms with van der Waals surface area (Å²) in [6.45, 7) is 2.59. The SMILES string of the molecule is Cc1cc(Cl)ccc1OCc1cc(Br)cs1. The number of ether oxygens (including phenoxy) is 1. The Hall–Kier alpha value is -0.510. The fourth-order valence-corrected chi connectivity index (χ4v) is 2.94. The minimum Gasteiger partial charge on any atom is -0.488 e. The van der Waals surface area contributed by atoms with Gasteiger partial charge in [0, 0.05) is 19.8 Å². The maximum absolute atomic E-state index is 5.88. The summed E-state index contributed by atoms with van der Waals surface area (Å²) >= 11 is 11.0. The number of thiophene rings is 1. The van der Waals surface area contributed by atoms with Gasteiger partial charge in [-0.2, -0.15) is 0 Å². The molecule has 16 heavy (non-hydrogen) atoms. The quantitative estimate of drug-likeness (QED) is 0.769. The number of hydrogen-bond donors (Lipinski definition) is 0. The molecule has 0 spiro atoms. The van der Waals surface area contributed by atoms with Crippen molar-refractivity contribution in [2.24, 2.45) is 0 Å². The summed E-state index contributed by atoms with van der Waals surface area (Å²) in [5, 5.41) is 2.79. The van der Waals surface area contributed by atoms with Crippen molar-refractivity contribution in [2.45, 2.75) is 13.5 Å². The largest absolute Gasteiger partial charge is 0.488 e. The van der Waals surface area contributed by atoms with Gasteiger partial charge < -0.3 is 4.74 Å². The third kappa shape index (κ3) is 3.00. The summed E-state index contributed by atoms with van der Waals surface area (Å²) in [6.07, 6.45) is 0. The monoisotopic (exact) mass is 316 g/mol. The zero-order chi connectivity index (χ0) is 11.5. The first kappa shape index (κ1) is 12.0. The molecule has 0 bridgehead atoms. The summed E-state index contributed by atoms with van der Waals surface area (Å²) in [5.74, 6) is 0.883. The summed E-state index contributed by atoms with van der Waals surface area (Å²) in [4.78, 5) is 1.20. The Morgan fingerprint density at radius 1 is 1.38 bits per heavy atom. The minimum absolute atomic E-state index is 0.596. The first-order valence-corrected chi connectivity index (χ1v) is 6.82. The molecule has 2 rings (SSSR count). The third-order valence-corrected chi connectivity index (χ3v) is 4.03. The van der Waals surface area contributed by atoms with Crippen LogP contribution in [0.25, 0.3) is 0 Å². The molecule has 0 saturated carbocycles. The van der Waals surface area contributed by atoms with Crippen LogP contribution in [0.3, 0.4) is 0 Å². The molecule has 0 radical (unpaired) electrons. The van der Waals surface area contributed by atoms with Crippen LogP contribution in [-0.2, 0) is 6.61 Å². The summed E-state index contributed by atoms with van der Waals surface area (Å²) in [7, 11) is 0. The Kier molecular flexibility index (Phi) is 3.90. The Morgan fingerprint density at radius 3 is 2.81 bits per heavy atom. The lowest BCUT2D eigenvalue weighted by Gasteiger charge is -2.07. The van der Waals surface area contributed by atoms with Crippen molar-refractivity contribution in [1.82, 2.24) is 0 Å². The molecule has 0 aliphatic heterocycles. The standard InChI is InChI=1S/C12H10BrClOS/c1-8-4-10(14)2-3-12(8)15-6-11-5-9(13)7-16-11/h2-5,7H,6H2,1H3. The van der Waals surface area contributed by atoms with Crippen molar-refractivity contribution < 1.29 is 4.74 Å². The maximum atomic E-state index is 5.88. The predicted octanol–water partition coefficient (Wildman–Crippen LogP) is 5.05. The second-order valence-electron chi connectivity index (χ2n) is 3.43. The number of aryl methyl sites for hydroxylation is 1. The lowest BCUT2D eigenvalue weighted by atomic mass is 10.2. The van der Waals surface area contributed by atoms with Crippen LogP contribution in [0.2, 0.25) is 5.02 Å². The van der Waals surface area contributed by atoms with Crippen molar-refractivity contribution in [2.75, 3.05) is 0 Å². The molecule has 0 saturated heterocycles. The highest BCUT2D eigenvalue weighted by atomic mass is 79.9. The molecule has 0 aliphatic rings. The molecular weight excluding hydrogens is 308 g/mol. The average molecular weight is 318 g/mol. The second-order valence-corrected chi connectivity index (χ2v) is 5.78. The molecule has 0 N–H and O–H groups in total. The molecular formula is C12H10BrClOS. The van der Waals surface area contributed by atoms with Crippen LogP contribution in [0.1, 0.15) is 10.4 Å². The molecule has 0 unspecified atom stereocenters. The first-order valence-electron chi connectivity index (χ1n) is 4.77. The van der Waals surface area contributed by atoms with E-state index in [-0.39, 0.29) is 0 Å². The fraction of sp³-hybridized carbons (Fsp3) is 0.167. The topological polar surface area (TPSA) is 9.23 Å². The highest BCUT2D eigenvalue weighted by Crippen LogP contribution is 2.25. The fourth-order valence-electron chi connectivity index (χ4n) is 1.35. The number of halogens is 2. The molecule has 1 heterocycles. The zero-order valence-electron chi connectivity index (χ0n) is 8.67. The van der Waals surface area contributed by atoms with Gasteiger partial charge in [0.05, 0.1) is 0 Å². The van der Waals surface area contributed by atoms with Crippen molar-refractivity contribution in [3.05, 3.63) is 49.6 Å². The van der Waals surface area contributed by atoms with Crippen LogP contribution in [0.4, 0.5) is 0 Å². The van der Waals surface area contributed by atoms with E-state index in [1.807, 2.05) is 30.5 Å². The van der Waals surface area contributed by atoms with Crippen LogP contribution in [0.15, 0.2) is 34.1 Å². The maximum Gasteiger partial charge on any atom is 0.122 e. The summed E-state index contributed by atoms with van der Waals surface area (Å²) in [5.41, 5.74) is 1.06. The van der Waals surface area contributed by atoms with E-state index in [0.29, 0.717) is 6.61 Å². The van der Waals surface area contributed by atoms with E-state index in [9.17, 15) is 0 Å². The molecule has 0 fully saturated rings. The highest BCUT2D eigenvalue weighted by molar-refractivity contribution is 9.10. The van der Waals surface area contributed by atoms with Gasteiger partial charge in [-0.1, -0.05) is 11.6 Å². The normalized spacial score (nSPS) is 10.4. The van der Waals surface area contributed by atoms with Gasteiger partial charge in [-0.15, -0.1) is 11.3 Å². The van der Waals surface area contributed by atoms with Gasteiger partial charge in [-0.25, -0.2) is 0 Å². The molecule has 2 aromatic rings. The van der Waals surface area contributed by atoms with Crippen LogP contribution in [-0.4, -0.2) is 0 Å². The minimum atomic E-state index is 0.596. The molecule has 84 valence electrons. The van der Waals surface area contributed by atoms with Crippen molar-refractivity contribution in [3.8, 4) is 5.75 Å². The molecule has 0 amide bonds. The lowest BCUT2D eigenvalue weighted by molar-refractivity contribution is 0.307. The van der Waals surface area contributed by atoms with E-state index >= 15 is 0 Å². The van der Waals surface area contributed by atoms with Crippen LogP contribution in [0.5, 0.6) is 5.75 Å². The Bertz CT molecular complexity index is 496. The third-order valence-electron chi connectivity index (χ3n) is 2.13. The number of rotatable bonds is 3. The zero-order valence-corrected chi connectivity index (χ0v) is 11.8. The summed E-state index contributed by atoms with van der Waals surface area (Å²) in [6, 6.07) is 7.71. The molecule has 4 heteroatoms. The van der Waals surface area contributed by atoms with Crippen molar-refractivity contribution >= 4 is 38.9 Å². The lowest BCUT2D eigenvalue weighted by Crippen LogP contribution is -1.94. The molecule has 0 atom stereocenters. The average Bonchev–Trinajstić information content (AvgIpc) is 2.63. The van der Waals surface area contributed by atoms with Gasteiger partial charge in [-0.05, 0) is 52.7 Å². The van der Waals surface area contributed by atoms with Gasteiger partial charge in [0.1, 0.15) is 12.4 Å². The van der Waals surface area contributed by atoms with Gasteiger partial charge >= 0.3 is 0 Å². The van der Waals surface area contributed by atoms with Crippen LogP contribution < -0.4 is 4.74 Å². The number of hydrogen-bond acceptors (Lipinski definition) is 2. The molecule has 1 aromatic carbocycles. The van der Waals surface area contributed by atoms with E-state index in [0.717, 1.165) is 20.8 Å². The van der Waals surface area contributed by atoms with Gasteiger partial charge in [0.2, 0.25) is 0 Å². The van der Waals surface area contributed by atoms with Crippen molar-refractivity contribution in [1.29, 1.82) is 0 Å². The first-order chi connectivity index (χ1) is 7.65.